The van der Waals surface area contributed by atoms with Crippen LogP contribution >= 0.6 is 0 Å². The van der Waals surface area contributed by atoms with Crippen molar-refractivity contribution in [1.82, 2.24) is 9.97 Å². The largest absolute Gasteiger partial charge is 0.373 e. The lowest BCUT2D eigenvalue weighted by Crippen LogP contribution is -2.42. The molecule has 108 valence electrons. The van der Waals surface area contributed by atoms with Crippen molar-refractivity contribution in [3.05, 3.63) is 30.9 Å². The first-order chi connectivity index (χ1) is 9.79. The van der Waals surface area contributed by atoms with E-state index >= 15 is 0 Å². The molecule has 0 unspecified atom stereocenters. The predicted molar refractivity (Wildman–Crippen MR) is 72.0 cm³/mol. The maximum absolute atomic E-state index is 12.9. The van der Waals surface area contributed by atoms with Gasteiger partial charge in [-0.3, -0.25) is 0 Å². The minimum absolute atomic E-state index is 0.0213. The van der Waals surface area contributed by atoms with E-state index in [-0.39, 0.29) is 18.2 Å². The lowest BCUT2D eigenvalue weighted by molar-refractivity contribution is -0.0671. The third-order valence-corrected chi connectivity index (χ3v) is 3.77. The zero-order chi connectivity index (χ0) is 13.9. The van der Waals surface area contributed by atoms with E-state index in [4.69, 9.17) is 9.47 Å². The van der Waals surface area contributed by atoms with Gasteiger partial charge in [0.05, 0.1) is 31.6 Å². The van der Waals surface area contributed by atoms with Crippen molar-refractivity contribution < 1.29 is 13.9 Å². The van der Waals surface area contributed by atoms with Crippen LogP contribution in [0.2, 0.25) is 0 Å². The van der Waals surface area contributed by atoms with Crippen LogP contribution in [0.25, 0.3) is 0 Å². The SMILES string of the molecule is C=CCO[C@@H]1CN(c2ncc(F)cn2)[C@H]2CCCO[C@@H]12. The highest BCUT2D eigenvalue weighted by Gasteiger charge is 2.45. The Hall–Kier alpha value is -1.53. The van der Waals surface area contributed by atoms with E-state index in [1.165, 1.54) is 12.4 Å². The number of aromatic nitrogens is 2. The van der Waals surface area contributed by atoms with Gasteiger partial charge in [0, 0.05) is 6.61 Å². The molecule has 2 saturated heterocycles. The summed E-state index contributed by atoms with van der Waals surface area (Å²) in [6.07, 6.45) is 6.14. The van der Waals surface area contributed by atoms with E-state index in [9.17, 15) is 4.39 Å². The number of ether oxygens (including phenoxy) is 2. The maximum atomic E-state index is 12.9. The molecule has 2 aliphatic heterocycles. The van der Waals surface area contributed by atoms with Crippen molar-refractivity contribution in [2.75, 3.05) is 24.7 Å². The normalized spacial score (nSPS) is 29.2. The molecule has 2 fully saturated rings. The summed E-state index contributed by atoms with van der Waals surface area (Å²) in [4.78, 5) is 10.2. The first kappa shape index (κ1) is 13.5. The van der Waals surface area contributed by atoms with Gasteiger partial charge >= 0.3 is 0 Å². The molecule has 0 aromatic carbocycles. The molecule has 20 heavy (non-hydrogen) atoms. The molecule has 6 heteroatoms. The van der Waals surface area contributed by atoms with Crippen LogP contribution in [0.4, 0.5) is 10.3 Å². The summed E-state index contributed by atoms with van der Waals surface area (Å²) in [5.41, 5.74) is 0. The number of nitrogens with zero attached hydrogens (tertiary/aromatic N) is 3. The number of hydrogen-bond donors (Lipinski definition) is 0. The van der Waals surface area contributed by atoms with Crippen molar-refractivity contribution in [3.8, 4) is 0 Å². The number of halogens is 1. The molecule has 0 amide bonds. The molecule has 5 nitrogen and oxygen atoms in total. The molecule has 0 radical (unpaired) electrons. The number of hydrogen-bond acceptors (Lipinski definition) is 5. The Labute approximate surface area is 117 Å². The van der Waals surface area contributed by atoms with Gasteiger partial charge in [-0.2, -0.15) is 0 Å². The lowest BCUT2D eigenvalue weighted by atomic mass is 10.0. The molecular weight excluding hydrogens is 261 g/mol. The van der Waals surface area contributed by atoms with Crippen molar-refractivity contribution in [1.29, 1.82) is 0 Å². The van der Waals surface area contributed by atoms with E-state index in [1.807, 2.05) is 0 Å². The van der Waals surface area contributed by atoms with E-state index in [0.29, 0.717) is 19.1 Å². The highest BCUT2D eigenvalue weighted by molar-refractivity contribution is 5.35. The van der Waals surface area contributed by atoms with Crippen LogP contribution in [-0.2, 0) is 9.47 Å². The first-order valence-electron chi connectivity index (χ1n) is 6.88. The highest BCUT2D eigenvalue weighted by atomic mass is 19.1. The summed E-state index contributed by atoms with van der Waals surface area (Å²) in [6, 6.07) is 0.198. The summed E-state index contributed by atoms with van der Waals surface area (Å²) >= 11 is 0. The molecule has 0 N–H and O–H groups in total. The van der Waals surface area contributed by atoms with Crippen LogP contribution < -0.4 is 4.90 Å². The molecule has 0 aliphatic carbocycles. The van der Waals surface area contributed by atoms with Crippen LogP contribution in [0.1, 0.15) is 12.8 Å². The lowest BCUT2D eigenvalue weighted by Gasteiger charge is -2.32. The van der Waals surface area contributed by atoms with Gasteiger partial charge in [-0.05, 0) is 12.8 Å². The second-order valence-corrected chi connectivity index (χ2v) is 5.06. The van der Waals surface area contributed by atoms with Gasteiger partial charge in [0.15, 0.2) is 5.82 Å². The summed E-state index contributed by atoms with van der Waals surface area (Å²) in [5.74, 6) is 0.112. The summed E-state index contributed by atoms with van der Waals surface area (Å²) < 4.78 is 24.6. The van der Waals surface area contributed by atoms with Crippen LogP contribution in [-0.4, -0.2) is 48.0 Å². The van der Waals surface area contributed by atoms with Gasteiger partial charge in [-0.15, -0.1) is 6.58 Å². The third kappa shape index (κ3) is 2.53. The van der Waals surface area contributed by atoms with E-state index in [0.717, 1.165) is 19.4 Å². The molecule has 1 aromatic rings. The Morgan fingerprint density at radius 1 is 1.50 bits per heavy atom. The zero-order valence-corrected chi connectivity index (χ0v) is 11.2. The van der Waals surface area contributed by atoms with Crippen LogP contribution in [0.3, 0.4) is 0 Å². The maximum Gasteiger partial charge on any atom is 0.225 e. The first-order valence-corrected chi connectivity index (χ1v) is 6.88. The number of fused-ring (bicyclic) bond motifs is 1. The molecular formula is C14H18FN3O2. The average molecular weight is 279 g/mol. The number of rotatable bonds is 4. The second kappa shape index (κ2) is 5.85. The summed E-state index contributed by atoms with van der Waals surface area (Å²) in [7, 11) is 0. The Kier molecular flexibility index (Phi) is 3.93. The topological polar surface area (TPSA) is 47.5 Å². The zero-order valence-electron chi connectivity index (χ0n) is 11.2. The van der Waals surface area contributed by atoms with Crippen molar-refractivity contribution in [3.63, 3.8) is 0 Å². The summed E-state index contributed by atoms with van der Waals surface area (Å²) in [6.45, 7) is 5.58. The Balaban J connectivity index is 1.80. The van der Waals surface area contributed by atoms with Gasteiger partial charge in [-0.1, -0.05) is 6.08 Å². The smallest absolute Gasteiger partial charge is 0.225 e. The Morgan fingerprint density at radius 2 is 2.30 bits per heavy atom. The molecule has 0 saturated carbocycles. The van der Waals surface area contributed by atoms with Gasteiger partial charge in [-0.25, -0.2) is 14.4 Å². The fourth-order valence-electron chi connectivity index (χ4n) is 2.93. The van der Waals surface area contributed by atoms with Gasteiger partial charge in [0.25, 0.3) is 0 Å². The standard InChI is InChI=1S/C14H18FN3O2/c1-2-5-19-12-9-18(11-4-3-6-20-13(11)12)14-16-7-10(15)8-17-14/h2,7-8,11-13H,1,3-6,9H2/t11-,12+,13+/m0/s1. The van der Waals surface area contributed by atoms with E-state index in [1.54, 1.807) is 6.08 Å². The van der Waals surface area contributed by atoms with Crippen LogP contribution in [0.15, 0.2) is 25.0 Å². The Bertz CT molecular complexity index is 468. The minimum Gasteiger partial charge on any atom is -0.373 e. The summed E-state index contributed by atoms with van der Waals surface area (Å²) in [5, 5.41) is 0. The second-order valence-electron chi connectivity index (χ2n) is 5.06. The third-order valence-electron chi connectivity index (χ3n) is 3.77. The monoisotopic (exact) mass is 279 g/mol. The quantitative estimate of drug-likeness (QED) is 0.783. The molecule has 3 atom stereocenters. The number of anilines is 1. The van der Waals surface area contributed by atoms with Crippen molar-refractivity contribution >= 4 is 5.95 Å². The predicted octanol–water partition coefficient (Wildman–Crippen LogP) is 1.55. The van der Waals surface area contributed by atoms with Crippen molar-refractivity contribution in [2.24, 2.45) is 0 Å². The van der Waals surface area contributed by atoms with Crippen molar-refractivity contribution in [2.45, 2.75) is 31.1 Å². The van der Waals surface area contributed by atoms with Crippen LogP contribution in [0, 0.1) is 5.82 Å². The molecule has 0 bridgehead atoms. The van der Waals surface area contributed by atoms with Crippen LogP contribution in [0.5, 0.6) is 0 Å². The molecule has 3 rings (SSSR count). The molecule has 2 aliphatic rings. The van der Waals surface area contributed by atoms with E-state index in [2.05, 4.69) is 21.4 Å². The fraction of sp³-hybridized carbons (Fsp3) is 0.571. The molecule has 0 spiro atoms. The van der Waals surface area contributed by atoms with Gasteiger partial charge in [0.2, 0.25) is 5.95 Å². The fourth-order valence-corrected chi connectivity index (χ4v) is 2.93. The average Bonchev–Trinajstić information content (AvgIpc) is 2.85. The van der Waals surface area contributed by atoms with E-state index < -0.39 is 5.82 Å². The van der Waals surface area contributed by atoms with Gasteiger partial charge < -0.3 is 14.4 Å². The molecule has 1 aromatic heterocycles. The molecule has 3 heterocycles. The minimum atomic E-state index is -0.427. The highest BCUT2D eigenvalue weighted by Crippen LogP contribution is 2.32. The van der Waals surface area contributed by atoms with Gasteiger partial charge in [0.1, 0.15) is 12.2 Å². The Morgan fingerprint density at radius 3 is 3.05 bits per heavy atom.